The summed E-state index contributed by atoms with van der Waals surface area (Å²) in [7, 11) is 0. The number of rotatable bonds is 6. The Morgan fingerprint density at radius 3 is 2.51 bits per heavy atom. The van der Waals surface area contributed by atoms with Crippen molar-refractivity contribution in [2.24, 2.45) is 11.5 Å². The molecule has 2 aromatic heterocycles. The zero-order valence-electron chi connectivity index (χ0n) is 18.9. The number of aromatic nitrogens is 4. The van der Waals surface area contributed by atoms with Crippen LogP contribution in [0.15, 0.2) is 54.9 Å². The topological polar surface area (TPSA) is 171 Å². The van der Waals surface area contributed by atoms with Gasteiger partial charge in [-0.25, -0.2) is 4.98 Å². The van der Waals surface area contributed by atoms with Crippen molar-refractivity contribution >= 4 is 45.9 Å². The first-order chi connectivity index (χ1) is 16.9. The van der Waals surface area contributed by atoms with Gasteiger partial charge in [0, 0.05) is 42.2 Å². The molecule has 0 saturated carbocycles. The Hall–Kier alpha value is -4.67. The van der Waals surface area contributed by atoms with Gasteiger partial charge in [-0.1, -0.05) is 12.1 Å². The highest BCUT2D eigenvalue weighted by atomic mass is 16.1. The average molecular weight is 472 g/mol. The molecule has 11 nitrogen and oxygen atoms in total. The number of amides is 2. The van der Waals surface area contributed by atoms with Crippen LogP contribution in [0, 0.1) is 0 Å². The third-order valence-electron chi connectivity index (χ3n) is 6.16. The summed E-state index contributed by atoms with van der Waals surface area (Å²) in [5.41, 5.74) is 19.6. The molecule has 0 bridgehead atoms. The van der Waals surface area contributed by atoms with E-state index in [4.69, 9.17) is 22.3 Å². The molecule has 35 heavy (non-hydrogen) atoms. The Balaban J connectivity index is 1.30. The molecule has 1 atom stereocenters. The van der Waals surface area contributed by atoms with Crippen LogP contribution in [-0.4, -0.2) is 44.7 Å². The van der Waals surface area contributed by atoms with Gasteiger partial charge >= 0.3 is 0 Å². The summed E-state index contributed by atoms with van der Waals surface area (Å²) in [4.78, 5) is 33.6. The van der Waals surface area contributed by atoms with Crippen LogP contribution in [0.5, 0.6) is 0 Å². The summed E-state index contributed by atoms with van der Waals surface area (Å²) in [6, 6.07) is 13.6. The fourth-order valence-electron chi connectivity index (χ4n) is 4.38. The van der Waals surface area contributed by atoms with Crippen LogP contribution < -0.4 is 27.4 Å². The highest BCUT2D eigenvalue weighted by molar-refractivity contribution is 6.04. The molecule has 0 aliphatic carbocycles. The van der Waals surface area contributed by atoms with Crippen LogP contribution in [0.1, 0.15) is 39.6 Å². The van der Waals surface area contributed by atoms with Crippen LogP contribution in [0.2, 0.25) is 0 Å². The van der Waals surface area contributed by atoms with E-state index in [2.05, 4.69) is 20.2 Å². The quantitative estimate of drug-likeness (QED) is 0.331. The number of hydrogen-bond donors (Lipinski definition) is 4. The van der Waals surface area contributed by atoms with Crippen molar-refractivity contribution in [1.29, 1.82) is 0 Å². The number of nitrogen functional groups attached to an aromatic ring is 1. The maximum atomic E-state index is 11.8. The largest absolute Gasteiger partial charge is 0.383 e. The third kappa shape index (κ3) is 4.43. The van der Waals surface area contributed by atoms with Gasteiger partial charge < -0.3 is 27.4 Å². The van der Waals surface area contributed by atoms with Gasteiger partial charge in [0.25, 0.3) is 11.8 Å². The van der Waals surface area contributed by atoms with E-state index in [1.807, 2.05) is 47.3 Å². The molecular formula is C24H25N9O2. The fourth-order valence-corrected chi connectivity index (χ4v) is 4.38. The zero-order valence-corrected chi connectivity index (χ0v) is 18.9. The lowest BCUT2D eigenvalue weighted by molar-refractivity contribution is 0.0992. The SMILES string of the molecule is NC(=O)c1cnc(Nc2ccc(N3CCCC(n4cc5cccc(C(N)=O)c5n4)C3)cc2)nc1N. The van der Waals surface area contributed by atoms with Gasteiger partial charge in [-0.2, -0.15) is 10.1 Å². The molecule has 1 fully saturated rings. The molecule has 7 N–H and O–H groups in total. The number of nitrogens with two attached hydrogens (primary N) is 3. The van der Waals surface area contributed by atoms with Gasteiger partial charge in [0.05, 0.1) is 17.2 Å². The number of nitrogens with one attached hydrogen (secondary N) is 1. The molecule has 1 saturated heterocycles. The molecule has 5 rings (SSSR count). The summed E-state index contributed by atoms with van der Waals surface area (Å²) in [5.74, 6) is -0.842. The van der Waals surface area contributed by atoms with Crippen molar-refractivity contribution in [2.75, 3.05) is 29.0 Å². The van der Waals surface area contributed by atoms with E-state index in [1.165, 1.54) is 6.20 Å². The molecule has 1 unspecified atom stereocenters. The first kappa shape index (κ1) is 22.1. The standard InChI is InChI=1S/C24H25N9O2/c25-21-19(23(27)35)11-28-24(30-21)29-15-6-8-16(9-7-15)32-10-2-4-17(13-32)33-12-14-3-1-5-18(22(26)34)20(14)31-33/h1,3,5-9,11-12,17H,2,4,10,13H2,(H2,26,34)(H2,27,35)(H3,25,28,29,30). The zero-order chi connectivity index (χ0) is 24.5. The fraction of sp³-hybridized carbons (Fsp3) is 0.208. The van der Waals surface area contributed by atoms with E-state index in [0.29, 0.717) is 11.1 Å². The lowest BCUT2D eigenvalue weighted by Gasteiger charge is -2.34. The van der Waals surface area contributed by atoms with E-state index in [9.17, 15) is 9.59 Å². The minimum absolute atomic E-state index is 0.0280. The van der Waals surface area contributed by atoms with Crippen molar-refractivity contribution in [2.45, 2.75) is 18.9 Å². The Morgan fingerprint density at radius 2 is 1.80 bits per heavy atom. The van der Waals surface area contributed by atoms with Crippen LogP contribution in [-0.2, 0) is 0 Å². The second kappa shape index (κ2) is 8.93. The first-order valence-electron chi connectivity index (χ1n) is 11.2. The van der Waals surface area contributed by atoms with Crippen molar-refractivity contribution in [3.05, 3.63) is 66.0 Å². The summed E-state index contributed by atoms with van der Waals surface area (Å²) in [6.45, 7) is 1.73. The normalized spacial score (nSPS) is 15.8. The molecule has 11 heteroatoms. The van der Waals surface area contributed by atoms with E-state index in [1.54, 1.807) is 6.07 Å². The molecule has 1 aliphatic rings. The number of carbonyl (C=O) groups excluding carboxylic acids is 2. The van der Waals surface area contributed by atoms with E-state index >= 15 is 0 Å². The molecule has 2 amide bonds. The Bertz CT molecular complexity index is 1410. The van der Waals surface area contributed by atoms with Gasteiger partial charge in [-0.3, -0.25) is 14.3 Å². The van der Waals surface area contributed by atoms with Crippen LogP contribution in [0.3, 0.4) is 0 Å². The summed E-state index contributed by atoms with van der Waals surface area (Å²) in [6.07, 6.45) is 5.30. The van der Waals surface area contributed by atoms with Crippen molar-refractivity contribution in [3.63, 3.8) is 0 Å². The minimum atomic E-state index is -0.672. The first-order valence-corrected chi connectivity index (χ1v) is 11.2. The van der Waals surface area contributed by atoms with Crippen LogP contribution in [0.25, 0.3) is 10.9 Å². The second-order valence-corrected chi connectivity index (χ2v) is 8.49. The monoisotopic (exact) mass is 471 g/mol. The minimum Gasteiger partial charge on any atom is -0.383 e. The van der Waals surface area contributed by atoms with Gasteiger partial charge in [0.15, 0.2) is 0 Å². The molecule has 178 valence electrons. The molecule has 2 aromatic carbocycles. The van der Waals surface area contributed by atoms with Crippen molar-refractivity contribution in [3.8, 4) is 0 Å². The number of anilines is 4. The number of piperidine rings is 1. The number of benzene rings is 2. The van der Waals surface area contributed by atoms with Crippen molar-refractivity contribution in [1.82, 2.24) is 19.7 Å². The smallest absolute Gasteiger partial charge is 0.254 e. The Morgan fingerprint density at radius 1 is 1.03 bits per heavy atom. The summed E-state index contributed by atoms with van der Waals surface area (Å²) in [5, 5.41) is 8.68. The summed E-state index contributed by atoms with van der Waals surface area (Å²) >= 11 is 0. The lowest BCUT2D eigenvalue weighted by Crippen LogP contribution is -2.36. The van der Waals surface area contributed by atoms with Gasteiger partial charge in [0.1, 0.15) is 11.3 Å². The number of carbonyl (C=O) groups is 2. The van der Waals surface area contributed by atoms with E-state index < -0.39 is 11.8 Å². The van der Waals surface area contributed by atoms with Crippen LogP contribution in [0.4, 0.5) is 23.1 Å². The summed E-state index contributed by atoms with van der Waals surface area (Å²) < 4.78 is 1.96. The highest BCUT2D eigenvalue weighted by Gasteiger charge is 2.23. The molecular weight excluding hydrogens is 446 g/mol. The third-order valence-corrected chi connectivity index (χ3v) is 6.16. The Labute approximate surface area is 200 Å². The number of primary amides is 2. The number of hydrogen-bond acceptors (Lipinski definition) is 8. The van der Waals surface area contributed by atoms with Crippen LogP contribution >= 0.6 is 0 Å². The predicted molar refractivity (Wildman–Crippen MR) is 133 cm³/mol. The number of fused-ring (bicyclic) bond motifs is 1. The predicted octanol–water partition coefficient (Wildman–Crippen LogP) is 2.19. The molecule has 4 aromatic rings. The lowest BCUT2D eigenvalue weighted by atomic mass is 10.0. The van der Waals surface area contributed by atoms with E-state index in [0.717, 1.165) is 42.7 Å². The van der Waals surface area contributed by atoms with Gasteiger partial charge in [0.2, 0.25) is 5.95 Å². The van der Waals surface area contributed by atoms with E-state index in [-0.39, 0.29) is 23.4 Å². The average Bonchev–Trinajstić information content (AvgIpc) is 3.29. The second-order valence-electron chi connectivity index (χ2n) is 8.49. The highest BCUT2D eigenvalue weighted by Crippen LogP contribution is 2.29. The van der Waals surface area contributed by atoms with Gasteiger partial charge in [-0.05, 0) is 43.2 Å². The van der Waals surface area contributed by atoms with Crippen molar-refractivity contribution < 1.29 is 9.59 Å². The van der Waals surface area contributed by atoms with Gasteiger partial charge in [-0.15, -0.1) is 0 Å². The molecule has 3 heterocycles. The number of nitrogens with zero attached hydrogens (tertiary/aromatic N) is 5. The molecule has 0 spiro atoms. The maximum absolute atomic E-state index is 11.8. The molecule has 0 radical (unpaired) electrons. The maximum Gasteiger partial charge on any atom is 0.254 e. The molecule has 1 aliphatic heterocycles. The Kier molecular flexibility index (Phi) is 5.65.